The van der Waals surface area contributed by atoms with E-state index in [0.717, 1.165) is 30.0 Å². The summed E-state index contributed by atoms with van der Waals surface area (Å²) in [7, 11) is 3.45. The van der Waals surface area contributed by atoms with Crippen LogP contribution in [-0.2, 0) is 11.3 Å². The van der Waals surface area contributed by atoms with Crippen molar-refractivity contribution in [3.05, 3.63) is 29.3 Å². The van der Waals surface area contributed by atoms with Crippen LogP contribution in [0, 0.1) is 6.92 Å². The number of likely N-dealkylation sites (N-methyl/N-ethyl adjacent to an activating group) is 1. The van der Waals surface area contributed by atoms with Crippen molar-refractivity contribution in [2.45, 2.75) is 20.4 Å². The largest absolute Gasteiger partial charge is 0.483 e. The van der Waals surface area contributed by atoms with Gasteiger partial charge in [-0.05, 0) is 19.0 Å². The Morgan fingerprint density at radius 3 is 2.72 bits per heavy atom. The van der Waals surface area contributed by atoms with Crippen LogP contribution in [0.5, 0.6) is 5.75 Å². The molecule has 0 aromatic heterocycles. The Hall–Kier alpha value is -1.55. The molecule has 4 heteroatoms. The van der Waals surface area contributed by atoms with E-state index in [9.17, 15) is 4.79 Å². The van der Waals surface area contributed by atoms with Gasteiger partial charge in [0.05, 0.1) is 0 Å². The molecule has 1 amide bonds. The quantitative estimate of drug-likeness (QED) is 0.833. The maximum atomic E-state index is 11.5. The number of hydrogen-bond acceptors (Lipinski definition) is 3. The highest BCUT2D eigenvalue weighted by Crippen LogP contribution is 2.23. The Bertz CT molecular complexity index is 403. The molecule has 0 saturated heterocycles. The van der Waals surface area contributed by atoms with Crippen LogP contribution >= 0.6 is 0 Å². The lowest BCUT2D eigenvalue weighted by Crippen LogP contribution is -2.28. The summed E-state index contributed by atoms with van der Waals surface area (Å²) < 4.78 is 5.66. The monoisotopic (exact) mass is 250 g/mol. The Kier molecular flexibility index (Phi) is 5.65. The first kappa shape index (κ1) is 14.5. The summed E-state index contributed by atoms with van der Waals surface area (Å²) >= 11 is 0. The average Bonchev–Trinajstić information content (AvgIpc) is 2.34. The van der Waals surface area contributed by atoms with Crippen LogP contribution in [-0.4, -0.2) is 38.1 Å². The zero-order valence-corrected chi connectivity index (χ0v) is 11.6. The van der Waals surface area contributed by atoms with E-state index in [-0.39, 0.29) is 12.5 Å². The van der Waals surface area contributed by atoms with Gasteiger partial charge < -0.3 is 15.0 Å². The summed E-state index contributed by atoms with van der Waals surface area (Å²) in [6.07, 6.45) is 0. The highest BCUT2D eigenvalue weighted by Gasteiger charge is 2.10. The number of amides is 1. The molecule has 0 spiro atoms. The third kappa shape index (κ3) is 4.04. The van der Waals surface area contributed by atoms with Crippen molar-refractivity contribution in [1.82, 2.24) is 10.2 Å². The first-order valence-electron chi connectivity index (χ1n) is 6.18. The molecule has 0 bridgehead atoms. The maximum Gasteiger partial charge on any atom is 0.259 e. The number of benzene rings is 1. The lowest BCUT2D eigenvalue weighted by Gasteiger charge is -2.16. The molecule has 0 fully saturated rings. The van der Waals surface area contributed by atoms with E-state index in [4.69, 9.17) is 4.74 Å². The van der Waals surface area contributed by atoms with Gasteiger partial charge in [0.2, 0.25) is 0 Å². The fourth-order valence-corrected chi connectivity index (χ4v) is 1.58. The normalized spacial score (nSPS) is 10.2. The number of hydrogen-bond donors (Lipinski definition) is 1. The number of ether oxygens (including phenoxy) is 1. The highest BCUT2D eigenvalue weighted by molar-refractivity contribution is 5.77. The zero-order valence-electron chi connectivity index (χ0n) is 11.6. The van der Waals surface area contributed by atoms with Crippen molar-refractivity contribution in [3.8, 4) is 5.75 Å². The molecule has 1 aromatic rings. The Balaban J connectivity index is 2.76. The lowest BCUT2D eigenvalue weighted by molar-refractivity contribution is -0.130. The summed E-state index contributed by atoms with van der Waals surface area (Å²) in [5.41, 5.74) is 2.14. The van der Waals surface area contributed by atoms with Crippen molar-refractivity contribution in [1.29, 1.82) is 0 Å². The molecule has 1 rings (SSSR count). The van der Waals surface area contributed by atoms with Crippen LogP contribution in [0.1, 0.15) is 18.1 Å². The minimum atomic E-state index is -0.0346. The third-order valence-electron chi connectivity index (χ3n) is 2.70. The summed E-state index contributed by atoms with van der Waals surface area (Å²) in [4.78, 5) is 13.1. The number of carbonyl (C=O) groups is 1. The highest BCUT2D eigenvalue weighted by atomic mass is 16.5. The van der Waals surface area contributed by atoms with Gasteiger partial charge in [-0.3, -0.25) is 4.79 Å². The molecule has 0 aliphatic rings. The molecule has 0 radical (unpaired) electrons. The van der Waals surface area contributed by atoms with Gasteiger partial charge >= 0.3 is 0 Å². The van der Waals surface area contributed by atoms with Crippen molar-refractivity contribution < 1.29 is 9.53 Å². The van der Waals surface area contributed by atoms with Gasteiger partial charge in [0, 0.05) is 26.2 Å². The summed E-state index contributed by atoms with van der Waals surface area (Å²) in [6, 6.07) is 6.01. The van der Waals surface area contributed by atoms with Gasteiger partial charge in [-0.25, -0.2) is 0 Å². The summed E-state index contributed by atoms with van der Waals surface area (Å²) in [5, 5.41) is 3.27. The second kappa shape index (κ2) is 7.01. The zero-order chi connectivity index (χ0) is 13.5. The number of carbonyl (C=O) groups excluding carboxylic acids is 1. The molecule has 100 valence electrons. The molecule has 1 N–H and O–H groups in total. The van der Waals surface area contributed by atoms with E-state index in [1.165, 1.54) is 4.90 Å². The number of aryl methyl sites for hydroxylation is 1. The first-order chi connectivity index (χ1) is 8.56. The number of nitrogens with one attached hydrogen (secondary N) is 1. The molecule has 0 heterocycles. The van der Waals surface area contributed by atoms with Crippen LogP contribution in [0.25, 0.3) is 0 Å². The van der Waals surface area contributed by atoms with Gasteiger partial charge in [-0.2, -0.15) is 0 Å². The molecule has 0 unspecified atom stereocenters. The van der Waals surface area contributed by atoms with E-state index in [1.807, 2.05) is 25.1 Å². The Morgan fingerprint density at radius 2 is 2.11 bits per heavy atom. The van der Waals surface area contributed by atoms with Crippen molar-refractivity contribution in [2.75, 3.05) is 27.2 Å². The minimum absolute atomic E-state index is 0.0346. The molecule has 1 aromatic carbocycles. The van der Waals surface area contributed by atoms with Crippen LogP contribution in [0.15, 0.2) is 18.2 Å². The third-order valence-corrected chi connectivity index (χ3v) is 2.70. The average molecular weight is 250 g/mol. The van der Waals surface area contributed by atoms with E-state index in [1.54, 1.807) is 14.1 Å². The minimum Gasteiger partial charge on any atom is -0.483 e. The predicted molar refractivity (Wildman–Crippen MR) is 72.7 cm³/mol. The maximum absolute atomic E-state index is 11.5. The van der Waals surface area contributed by atoms with Crippen LogP contribution in [0.2, 0.25) is 0 Å². The molecule has 0 aliphatic carbocycles. The van der Waals surface area contributed by atoms with Gasteiger partial charge in [0.1, 0.15) is 5.75 Å². The van der Waals surface area contributed by atoms with Gasteiger partial charge in [-0.15, -0.1) is 0 Å². The van der Waals surface area contributed by atoms with Crippen LogP contribution in [0.4, 0.5) is 0 Å². The number of para-hydroxylation sites is 1. The molecule has 0 aliphatic heterocycles. The molecule has 18 heavy (non-hydrogen) atoms. The van der Waals surface area contributed by atoms with E-state index in [2.05, 4.69) is 12.2 Å². The van der Waals surface area contributed by atoms with Crippen molar-refractivity contribution in [3.63, 3.8) is 0 Å². The van der Waals surface area contributed by atoms with Crippen molar-refractivity contribution >= 4 is 5.91 Å². The molecule has 0 saturated carbocycles. The Labute approximate surface area is 109 Å². The predicted octanol–water partition coefficient (Wildman–Crippen LogP) is 1.57. The smallest absolute Gasteiger partial charge is 0.259 e. The molecule has 4 nitrogen and oxygen atoms in total. The molecular weight excluding hydrogens is 228 g/mol. The topological polar surface area (TPSA) is 41.6 Å². The van der Waals surface area contributed by atoms with E-state index in [0.29, 0.717) is 0 Å². The summed E-state index contributed by atoms with van der Waals surface area (Å²) in [5.74, 6) is 0.779. The number of nitrogens with zero attached hydrogens (tertiary/aromatic N) is 1. The Morgan fingerprint density at radius 1 is 1.39 bits per heavy atom. The second-order valence-corrected chi connectivity index (χ2v) is 4.42. The first-order valence-corrected chi connectivity index (χ1v) is 6.18. The van der Waals surface area contributed by atoms with E-state index < -0.39 is 0 Å². The SMILES string of the molecule is CCNCc1cccc(C)c1OCC(=O)N(C)C. The standard InChI is InChI=1S/C14H22N2O2/c1-5-15-9-12-8-6-7-11(2)14(12)18-10-13(17)16(3)4/h6-8,15H,5,9-10H2,1-4H3. The van der Waals surface area contributed by atoms with Gasteiger partial charge in [0.25, 0.3) is 5.91 Å². The molecular formula is C14H22N2O2. The van der Waals surface area contributed by atoms with Crippen molar-refractivity contribution in [2.24, 2.45) is 0 Å². The second-order valence-electron chi connectivity index (χ2n) is 4.42. The fourth-order valence-electron chi connectivity index (χ4n) is 1.58. The number of rotatable bonds is 6. The van der Waals surface area contributed by atoms with Crippen LogP contribution < -0.4 is 10.1 Å². The van der Waals surface area contributed by atoms with Gasteiger partial charge in [-0.1, -0.05) is 25.1 Å². The molecule has 0 atom stereocenters. The lowest BCUT2D eigenvalue weighted by atomic mass is 10.1. The fraction of sp³-hybridized carbons (Fsp3) is 0.500. The van der Waals surface area contributed by atoms with Crippen LogP contribution in [0.3, 0.4) is 0 Å². The van der Waals surface area contributed by atoms with Gasteiger partial charge in [0.15, 0.2) is 6.61 Å². The summed E-state index contributed by atoms with van der Waals surface area (Å²) in [6.45, 7) is 5.79. The van der Waals surface area contributed by atoms with E-state index >= 15 is 0 Å².